The van der Waals surface area contributed by atoms with E-state index in [4.69, 9.17) is 4.74 Å². The van der Waals surface area contributed by atoms with E-state index in [1.807, 2.05) is 0 Å². The number of hydrogen-bond donors (Lipinski definition) is 2. The van der Waals surface area contributed by atoms with Crippen LogP contribution < -0.4 is 10.6 Å². The van der Waals surface area contributed by atoms with Crippen LogP contribution in [0.5, 0.6) is 0 Å². The molecular formula is C27H33F3N2O. The zero-order valence-electron chi connectivity index (χ0n) is 19.1. The lowest BCUT2D eigenvalue weighted by Gasteiger charge is -2.51. The second-order valence-electron chi connectivity index (χ2n) is 11.0. The molecule has 1 saturated heterocycles. The largest absolute Gasteiger partial charge is 0.416 e. The van der Waals surface area contributed by atoms with Crippen LogP contribution in [0.2, 0.25) is 0 Å². The number of rotatable bonds is 0. The van der Waals surface area contributed by atoms with Crippen LogP contribution in [0.4, 0.5) is 13.2 Å². The van der Waals surface area contributed by atoms with Crippen molar-refractivity contribution in [2.75, 3.05) is 19.7 Å². The summed E-state index contributed by atoms with van der Waals surface area (Å²) in [5.41, 5.74) is 1.72. The average molecular weight is 459 g/mol. The third-order valence-electron chi connectivity index (χ3n) is 9.22. The van der Waals surface area contributed by atoms with Gasteiger partial charge in [0.05, 0.1) is 16.7 Å². The highest BCUT2D eigenvalue weighted by Gasteiger charge is 2.51. The van der Waals surface area contributed by atoms with Crippen molar-refractivity contribution >= 4 is 0 Å². The summed E-state index contributed by atoms with van der Waals surface area (Å²) in [6.45, 7) is 1.69. The molecule has 3 nitrogen and oxygen atoms in total. The Morgan fingerprint density at radius 3 is 2.45 bits per heavy atom. The highest BCUT2D eigenvalue weighted by molar-refractivity contribution is 5.47. The molecule has 9 rings (SSSR count). The van der Waals surface area contributed by atoms with E-state index in [0.29, 0.717) is 12.1 Å². The summed E-state index contributed by atoms with van der Waals surface area (Å²) in [5, 5.41) is 6.73. The van der Waals surface area contributed by atoms with E-state index in [0.717, 1.165) is 57.1 Å². The van der Waals surface area contributed by atoms with Crippen LogP contribution in [-0.4, -0.2) is 37.0 Å². The van der Waals surface area contributed by atoms with Crippen molar-refractivity contribution in [3.63, 3.8) is 0 Å². The van der Waals surface area contributed by atoms with Gasteiger partial charge in [-0.15, -0.1) is 0 Å². The monoisotopic (exact) mass is 458 g/mol. The van der Waals surface area contributed by atoms with E-state index in [1.165, 1.54) is 24.5 Å². The van der Waals surface area contributed by atoms with Crippen LogP contribution in [0.25, 0.3) is 0 Å². The van der Waals surface area contributed by atoms with Gasteiger partial charge in [-0.05, 0) is 74.3 Å². The third kappa shape index (κ3) is 3.56. The Bertz CT molecular complexity index is 976. The maximum Gasteiger partial charge on any atom is 0.416 e. The predicted molar refractivity (Wildman–Crippen MR) is 122 cm³/mol. The molecule has 4 bridgehead atoms. The van der Waals surface area contributed by atoms with Crippen molar-refractivity contribution in [1.82, 2.24) is 10.6 Å². The number of benzene rings is 1. The maximum absolute atomic E-state index is 14.0. The molecule has 3 atom stereocenters. The van der Waals surface area contributed by atoms with Gasteiger partial charge in [0.2, 0.25) is 0 Å². The zero-order chi connectivity index (χ0) is 22.7. The standard InChI is InChI=1S/C27H33F3N2O/c28-27(29,30)23-15-26-10-7-22(26)19-3-5-21(6-4-19)24(11-13-31-16-20(23)17-32-26)12-14-33-25(18-24)8-1-2-9-25/h3-6,15,17,22,31-32H,1-2,7-14,16,18H2/t22?,24-,26?/m1/s1. The molecule has 0 amide bonds. The van der Waals surface area contributed by atoms with Gasteiger partial charge in [0.15, 0.2) is 0 Å². The van der Waals surface area contributed by atoms with Crippen LogP contribution in [0, 0.1) is 0 Å². The van der Waals surface area contributed by atoms with Gasteiger partial charge in [-0.25, -0.2) is 0 Å². The fourth-order valence-corrected chi connectivity index (χ4v) is 7.29. The molecule has 3 fully saturated rings. The second kappa shape index (κ2) is 7.61. The van der Waals surface area contributed by atoms with Crippen LogP contribution in [0.3, 0.4) is 0 Å². The summed E-state index contributed by atoms with van der Waals surface area (Å²) < 4.78 is 48.4. The first-order chi connectivity index (χ1) is 15.8. The summed E-state index contributed by atoms with van der Waals surface area (Å²) in [6, 6.07) is 8.89. The Kier molecular flexibility index (Phi) is 5.01. The lowest BCUT2D eigenvalue weighted by atomic mass is 9.61. The van der Waals surface area contributed by atoms with E-state index in [-0.39, 0.29) is 23.5 Å². The number of dihydropyridines is 1. The minimum absolute atomic E-state index is 0.0158. The molecule has 2 saturated carbocycles. The van der Waals surface area contributed by atoms with Gasteiger partial charge < -0.3 is 15.4 Å². The number of ether oxygens (including phenoxy) is 1. The Balaban J connectivity index is 1.38. The molecule has 2 unspecified atom stereocenters. The Hall–Kier alpha value is -1.79. The van der Waals surface area contributed by atoms with Crippen molar-refractivity contribution in [3.8, 4) is 0 Å². The third-order valence-corrected chi connectivity index (χ3v) is 9.22. The molecule has 178 valence electrons. The normalized spacial score (nSPS) is 35.4. The van der Waals surface area contributed by atoms with Gasteiger partial charge in [0, 0.05) is 30.7 Å². The number of nitrogens with one attached hydrogen (secondary N) is 2. The Morgan fingerprint density at radius 1 is 0.970 bits per heavy atom. The molecule has 0 radical (unpaired) electrons. The van der Waals surface area contributed by atoms with Crippen molar-refractivity contribution in [3.05, 3.63) is 58.8 Å². The minimum Gasteiger partial charge on any atom is -0.381 e. The molecule has 0 aromatic heterocycles. The quantitative estimate of drug-likeness (QED) is 0.528. The molecule has 6 aliphatic heterocycles. The molecule has 1 aromatic carbocycles. The molecule has 6 heterocycles. The molecule has 1 aromatic rings. The van der Waals surface area contributed by atoms with Gasteiger partial charge in [-0.1, -0.05) is 37.1 Å². The van der Waals surface area contributed by atoms with Crippen LogP contribution >= 0.6 is 0 Å². The van der Waals surface area contributed by atoms with Crippen LogP contribution in [0.15, 0.2) is 47.7 Å². The summed E-state index contributed by atoms with van der Waals surface area (Å²) in [5.74, 6) is 0.0596. The molecule has 2 N–H and O–H groups in total. The van der Waals surface area contributed by atoms with E-state index in [1.54, 1.807) is 6.20 Å². The smallest absolute Gasteiger partial charge is 0.381 e. The van der Waals surface area contributed by atoms with Crippen molar-refractivity contribution in [2.24, 2.45) is 0 Å². The number of alkyl halides is 3. The van der Waals surface area contributed by atoms with Gasteiger partial charge in [0.25, 0.3) is 0 Å². The number of halogens is 3. The van der Waals surface area contributed by atoms with Crippen LogP contribution in [0.1, 0.15) is 74.8 Å². The first-order valence-corrected chi connectivity index (χ1v) is 12.6. The number of hydrogen-bond acceptors (Lipinski definition) is 3. The minimum atomic E-state index is -4.35. The lowest BCUT2D eigenvalue weighted by molar-refractivity contribution is -0.103. The topological polar surface area (TPSA) is 33.3 Å². The molecule has 6 heteroatoms. The first-order valence-electron chi connectivity index (χ1n) is 12.6. The second-order valence-corrected chi connectivity index (χ2v) is 11.0. The van der Waals surface area contributed by atoms with Gasteiger partial charge in [-0.3, -0.25) is 0 Å². The highest BCUT2D eigenvalue weighted by atomic mass is 19.4. The molecular weight excluding hydrogens is 425 g/mol. The first kappa shape index (κ1) is 21.7. The van der Waals surface area contributed by atoms with E-state index in [2.05, 4.69) is 34.9 Å². The van der Waals surface area contributed by atoms with Crippen molar-refractivity contribution in [2.45, 2.75) is 86.4 Å². The summed E-state index contributed by atoms with van der Waals surface area (Å²) in [6.07, 6.45) is 7.99. The van der Waals surface area contributed by atoms with E-state index in [9.17, 15) is 13.2 Å². The maximum atomic E-state index is 14.0. The van der Waals surface area contributed by atoms with Gasteiger partial charge in [0.1, 0.15) is 0 Å². The Labute approximate surface area is 193 Å². The fraction of sp³-hybridized carbons (Fsp3) is 0.630. The van der Waals surface area contributed by atoms with Gasteiger partial charge >= 0.3 is 6.18 Å². The highest BCUT2D eigenvalue weighted by Crippen LogP contribution is 2.53. The fourth-order valence-electron chi connectivity index (χ4n) is 7.29. The summed E-state index contributed by atoms with van der Waals surface area (Å²) in [4.78, 5) is 0. The lowest BCUT2D eigenvalue weighted by Crippen LogP contribution is -2.56. The summed E-state index contributed by atoms with van der Waals surface area (Å²) >= 11 is 0. The van der Waals surface area contributed by atoms with Crippen molar-refractivity contribution in [1.29, 1.82) is 0 Å². The molecule has 2 aliphatic carbocycles. The van der Waals surface area contributed by atoms with E-state index < -0.39 is 17.3 Å². The van der Waals surface area contributed by atoms with E-state index >= 15 is 0 Å². The predicted octanol–water partition coefficient (Wildman–Crippen LogP) is 5.63. The SMILES string of the molecule is FC(F)(F)C1=CC23CCC2c2ccc(cc2)[C@]2(CCNCC1=CN3)CCOC1(CCCC1)C2. The van der Waals surface area contributed by atoms with Crippen LogP contribution in [-0.2, 0) is 10.2 Å². The average Bonchev–Trinajstić information content (AvgIpc) is 3.22. The molecule has 33 heavy (non-hydrogen) atoms. The Morgan fingerprint density at radius 2 is 1.76 bits per heavy atom. The zero-order valence-corrected chi connectivity index (χ0v) is 19.1. The summed E-state index contributed by atoms with van der Waals surface area (Å²) in [7, 11) is 0. The molecule has 3 spiro atoms. The molecule has 8 aliphatic rings. The van der Waals surface area contributed by atoms with Gasteiger partial charge in [-0.2, -0.15) is 13.2 Å². The van der Waals surface area contributed by atoms with Crippen molar-refractivity contribution < 1.29 is 17.9 Å².